The third-order valence-electron chi connectivity index (χ3n) is 4.64. The minimum atomic E-state index is -0.0455. The van der Waals surface area contributed by atoms with E-state index in [9.17, 15) is 4.79 Å². The lowest BCUT2D eigenvalue weighted by Gasteiger charge is -2.11. The number of anilines is 1. The topological polar surface area (TPSA) is 77.7 Å². The van der Waals surface area contributed by atoms with Gasteiger partial charge in [0.15, 0.2) is 6.19 Å². The number of aromatic nitrogens is 3. The van der Waals surface area contributed by atoms with Crippen LogP contribution in [0.4, 0.5) is 5.69 Å². The van der Waals surface area contributed by atoms with Crippen LogP contribution in [-0.2, 0) is 7.05 Å². The van der Waals surface area contributed by atoms with Crippen LogP contribution < -0.4 is 10.5 Å². The SMILES string of the molecule is CN(C#N)c1cccc(-c2cnc3[nH]cc(-c4ccc(=O)n(C)c4)c3c2)c1. The maximum absolute atomic E-state index is 11.7. The predicted molar refractivity (Wildman–Crippen MR) is 106 cm³/mol. The van der Waals surface area contributed by atoms with Gasteiger partial charge in [-0.05, 0) is 29.8 Å². The van der Waals surface area contributed by atoms with Crippen molar-refractivity contribution in [1.82, 2.24) is 14.5 Å². The summed E-state index contributed by atoms with van der Waals surface area (Å²) in [6.07, 6.45) is 7.65. The van der Waals surface area contributed by atoms with Gasteiger partial charge in [-0.3, -0.25) is 9.69 Å². The van der Waals surface area contributed by atoms with Crippen LogP contribution in [0.25, 0.3) is 33.3 Å². The number of hydrogen-bond acceptors (Lipinski definition) is 4. The number of pyridine rings is 2. The number of H-pyrrole nitrogens is 1. The molecule has 0 saturated heterocycles. The van der Waals surface area contributed by atoms with Crippen molar-refractivity contribution in [2.75, 3.05) is 11.9 Å². The second kappa shape index (κ2) is 6.46. The Morgan fingerprint density at radius 2 is 2.00 bits per heavy atom. The van der Waals surface area contributed by atoms with Crippen LogP contribution in [0.5, 0.6) is 0 Å². The summed E-state index contributed by atoms with van der Waals surface area (Å²) in [7, 11) is 3.46. The van der Waals surface area contributed by atoms with Crippen LogP contribution in [0.3, 0.4) is 0 Å². The van der Waals surface area contributed by atoms with E-state index in [4.69, 9.17) is 5.26 Å². The maximum atomic E-state index is 11.7. The van der Waals surface area contributed by atoms with E-state index in [0.29, 0.717) is 0 Å². The molecule has 0 fully saturated rings. The molecule has 0 unspecified atom stereocenters. The first-order valence-electron chi connectivity index (χ1n) is 8.45. The summed E-state index contributed by atoms with van der Waals surface area (Å²) in [5.74, 6) is 0. The van der Waals surface area contributed by atoms with Crippen LogP contribution in [-0.4, -0.2) is 21.6 Å². The molecule has 0 aliphatic rings. The third-order valence-corrected chi connectivity index (χ3v) is 4.64. The van der Waals surface area contributed by atoms with E-state index in [1.807, 2.05) is 48.9 Å². The maximum Gasteiger partial charge on any atom is 0.250 e. The van der Waals surface area contributed by atoms with Crippen molar-refractivity contribution < 1.29 is 0 Å². The van der Waals surface area contributed by atoms with Gasteiger partial charge in [0.1, 0.15) is 5.65 Å². The van der Waals surface area contributed by atoms with Gasteiger partial charge >= 0.3 is 0 Å². The van der Waals surface area contributed by atoms with Gasteiger partial charge in [0.2, 0.25) is 5.56 Å². The highest BCUT2D eigenvalue weighted by atomic mass is 16.1. The first-order chi connectivity index (χ1) is 13.1. The normalized spacial score (nSPS) is 10.7. The smallest absolute Gasteiger partial charge is 0.250 e. The Hall–Kier alpha value is -3.85. The molecule has 0 aliphatic carbocycles. The molecule has 0 aliphatic heterocycles. The molecule has 1 N–H and O–H groups in total. The zero-order valence-corrected chi connectivity index (χ0v) is 15.0. The van der Waals surface area contributed by atoms with Crippen LogP contribution in [0, 0.1) is 11.5 Å². The van der Waals surface area contributed by atoms with Crippen LogP contribution in [0.2, 0.25) is 0 Å². The Labute approximate surface area is 155 Å². The van der Waals surface area contributed by atoms with E-state index in [-0.39, 0.29) is 5.56 Å². The summed E-state index contributed by atoms with van der Waals surface area (Å²) in [5.41, 5.74) is 5.43. The van der Waals surface area contributed by atoms with Gasteiger partial charge in [0.05, 0.1) is 5.69 Å². The fourth-order valence-corrected chi connectivity index (χ4v) is 3.11. The highest BCUT2D eigenvalue weighted by molar-refractivity contribution is 5.95. The average molecular weight is 355 g/mol. The zero-order chi connectivity index (χ0) is 19.0. The molecule has 0 amide bonds. The first kappa shape index (κ1) is 16.6. The van der Waals surface area contributed by atoms with Crippen molar-refractivity contribution in [1.29, 1.82) is 5.26 Å². The molecule has 132 valence electrons. The monoisotopic (exact) mass is 355 g/mol. The predicted octanol–water partition coefficient (Wildman–Crippen LogP) is 3.51. The molecule has 0 saturated carbocycles. The quantitative estimate of drug-likeness (QED) is 0.451. The zero-order valence-electron chi connectivity index (χ0n) is 15.0. The standard InChI is InChI=1S/C21H17N5O/c1-25-12-15(6-7-20(25)27)19-11-24-21-18(19)9-16(10-23-21)14-4-3-5-17(8-14)26(2)13-22/h3-12H,1-2H3,(H,23,24). The number of benzene rings is 1. The van der Waals surface area contributed by atoms with E-state index < -0.39 is 0 Å². The second-order valence-corrected chi connectivity index (χ2v) is 6.40. The lowest BCUT2D eigenvalue weighted by atomic mass is 10.0. The van der Waals surface area contributed by atoms with Crippen LogP contribution in [0.1, 0.15) is 0 Å². The first-order valence-corrected chi connectivity index (χ1v) is 8.45. The molecular formula is C21H17N5O. The number of nitrogens with one attached hydrogen (secondary N) is 1. The van der Waals surface area contributed by atoms with E-state index in [1.165, 1.54) is 4.90 Å². The molecule has 27 heavy (non-hydrogen) atoms. The summed E-state index contributed by atoms with van der Waals surface area (Å²) in [5, 5.41) is 10.1. The largest absolute Gasteiger partial charge is 0.346 e. The molecule has 0 atom stereocenters. The number of nitrogens with zero attached hydrogens (tertiary/aromatic N) is 4. The molecule has 0 spiro atoms. The Kier molecular flexibility index (Phi) is 3.98. The van der Waals surface area contributed by atoms with Crippen molar-refractivity contribution >= 4 is 16.7 Å². The van der Waals surface area contributed by atoms with Gasteiger partial charge in [-0.1, -0.05) is 12.1 Å². The van der Waals surface area contributed by atoms with Crippen molar-refractivity contribution in [3.63, 3.8) is 0 Å². The lowest BCUT2D eigenvalue weighted by molar-refractivity contribution is 0.862. The van der Waals surface area contributed by atoms with E-state index in [1.54, 1.807) is 24.7 Å². The molecule has 0 bridgehead atoms. The van der Waals surface area contributed by atoms with Crippen molar-refractivity contribution in [3.8, 4) is 28.4 Å². The number of fused-ring (bicyclic) bond motifs is 1. The minimum Gasteiger partial charge on any atom is -0.346 e. The Morgan fingerprint density at radius 3 is 2.78 bits per heavy atom. The minimum absolute atomic E-state index is 0.0455. The molecule has 4 aromatic rings. The number of hydrogen-bond donors (Lipinski definition) is 1. The van der Waals surface area contributed by atoms with Crippen molar-refractivity contribution in [3.05, 3.63) is 71.4 Å². The van der Waals surface area contributed by atoms with Crippen molar-refractivity contribution in [2.24, 2.45) is 7.05 Å². The van der Waals surface area contributed by atoms with Crippen LogP contribution >= 0.6 is 0 Å². The van der Waals surface area contributed by atoms with Gasteiger partial charge in [-0.15, -0.1) is 0 Å². The van der Waals surface area contributed by atoms with Gasteiger partial charge in [-0.2, -0.15) is 5.26 Å². The summed E-state index contributed by atoms with van der Waals surface area (Å²) < 4.78 is 1.56. The fourth-order valence-electron chi connectivity index (χ4n) is 3.11. The third kappa shape index (κ3) is 2.96. The molecule has 6 nitrogen and oxygen atoms in total. The summed E-state index contributed by atoms with van der Waals surface area (Å²) in [4.78, 5) is 20.9. The molecule has 4 rings (SSSR count). The number of nitriles is 1. The highest BCUT2D eigenvalue weighted by Crippen LogP contribution is 2.31. The van der Waals surface area contributed by atoms with Gasteiger partial charge in [-0.25, -0.2) is 4.98 Å². The highest BCUT2D eigenvalue weighted by Gasteiger charge is 2.10. The van der Waals surface area contributed by atoms with Gasteiger partial charge < -0.3 is 9.55 Å². The average Bonchev–Trinajstić information content (AvgIpc) is 3.12. The van der Waals surface area contributed by atoms with E-state index in [2.05, 4.69) is 22.2 Å². The summed E-state index contributed by atoms with van der Waals surface area (Å²) in [6, 6.07) is 13.2. The van der Waals surface area contributed by atoms with E-state index in [0.717, 1.165) is 39.0 Å². The number of aryl methyl sites for hydroxylation is 1. The summed E-state index contributed by atoms with van der Waals surface area (Å²) in [6.45, 7) is 0. The van der Waals surface area contributed by atoms with Crippen molar-refractivity contribution in [2.45, 2.75) is 0 Å². The summed E-state index contributed by atoms with van der Waals surface area (Å²) >= 11 is 0. The number of rotatable bonds is 3. The Bertz CT molecular complexity index is 1250. The Morgan fingerprint density at radius 1 is 1.15 bits per heavy atom. The van der Waals surface area contributed by atoms with Gasteiger partial charge in [0.25, 0.3) is 0 Å². The molecule has 6 heteroatoms. The molecule has 3 heterocycles. The second-order valence-electron chi connectivity index (χ2n) is 6.40. The molecule has 3 aromatic heterocycles. The molecule has 0 radical (unpaired) electrons. The van der Waals surface area contributed by atoms with E-state index >= 15 is 0 Å². The molecule has 1 aromatic carbocycles. The number of aromatic amines is 1. The Balaban J connectivity index is 1.84. The van der Waals surface area contributed by atoms with Crippen LogP contribution in [0.15, 0.2) is 65.8 Å². The van der Waals surface area contributed by atoms with Gasteiger partial charge in [0, 0.05) is 60.8 Å². The fraction of sp³-hybridized carbons (Fsp3) is 0.0952. The molecular weight excluding hydrogens is 338 g/mol. The lowest BCUT2D eigenvalue weighted by Crippen LogP contribution is -2.13.